The number of nitrogens with zero attached hydrogens (tertiary/aromatic N) is 1. The zero-order chi connectivity index (χ0) is 9.64. The first-order valence-corrected chi connectivity index (χ1v) is 4.70. The van der Waals surface area contributed by atoms with Gasteiger partial charge in [0, 0.05) is 6.04 Å². The van der Waals surface area contributed by atoms with Crippen molar-refractivity contribution in [3.05, 3.63) is 0 Å². The highest BCUT2D eigenvalue weighted by molar-refractivity contribution is 5.71. The van der Waals surface area contributed by atoms with Crippen molar-refractivity contribution in [2.24, 2.45) is 5.92 Å². The average molecular weight is 187 g/mol. The van der Waals surface area contributed by atoms with Gasteiger partial charge >= 0.3 is 5.97 Å². The number of carbonyl (C=O) groups is 1. The quantitative estimate of drug-likeness (QED) is 0.628. The molecular weight excluding hydrogens is 173 g/mol. The summed E-state index contributed by atoms with van der Waals surface area (Å²) in [4.78, 5) is 12.4. The Morgan fingerprint density at radius 1 is 1.54 bits per heavy atom. The van der Waals surface area contributed by atoms with Crippen molar-refractivity contribution in [3.8, 4) is 0 Å². The highest BCUT2D eigenvalue weighted by atomic mass is 19.1. The fourth-order valence-corrected chi connectivity index (χ4v) is 2.69. The van der Waals surface area contributed by atoms with Crippen molar-refractivity contribution >= 4 is 5.97 Å². The van der Waals surface area contributed by atoms with Crippen LogP contribution in [0.15, 0.2) is 0 Å². The number of hydrogen-bond donors (Lipinski definition) is 1. The van der Waals surface area contributed by atoms with E-state index < -0.39 is 17.7 Å². The Hall–Kier alpha value is -0.640. The predicted octanol–water partition coefficient (Wildman–Crippen LogP) is 1.24. The van der Waals surface area contributed by atoms with E-state index in [4.69, 9.17) is 5.11 Å². The molecule has 74 valence electrons. The smallest absolute Gasteiger partial charge is 0.311 e. The Morgan fingerprint density at radius 2 is 2.23 bits per heavy atom. The van der Waals surface area contributed by atoms with Crippen LogP contribution >= 0.6 is 0 Å². The minimum Gasteiger partial charge on any atom is -0.481 e. The molecule has 0 amide bonds. The normalized spacial score (nSPS) is 45.1. The molecule has 3 nitrogen and oxygen atoms in total. The summed E-state index contributed by atoms with van der Waals surface area (Å²) in [7, 11) is 1.70. The molecule has 1 unspecified atom stereocenters. The maximum Gasteiger partial charge on any atom is 0.311 e. The average Bonchev–Trinajstić information content (AvgIpc) is 2.30. The summed E-state index contributed by atoms with van der Waals surface area (Å²) >= 11 is 0. The molecule has 2 saturated heterocycles. The van der Waals surface area contributed by atoms with E-state index in [9.17, 15) is 9.18 Å². The molecule has 0 radical (unpaired) electrons. The number of alkyl halides is 1. The second-order valence-corrected chi connectivity index (χ2v) is 4.09. The first kappa shape index (κ1) is 8.94. The van der Waals surface area contributed by atoms with Gasteiger partial charge in [-0.05, 0) is 32.7 Å². The van der Waals surface area contributed by atoms with Crippen LogP contribution in [-0.4, -0.2) is 34.9 Å². The highest BCUT2D eigenvalue weighted by Gasteiger charge is 2.56. The maximum atomic E-state index is 14.2. The Morgan fingerprint density at radius 3 is 2.85 bits per heavy atom. The standard InChI is InChI=1S/C9H14FNO2/c1-11-6-2-3-7(8(12)13)9(11,10)5-4-6/h6-7H,2-5H2,1H3,(H,12,13)/t6-,7?,9-/m1/s1. The van der Waals surface area contributed by atoms with Crippen molar-refractivity contribution in [1.29, 1.82) is 0 Å². The van der Waals surface area contributed by atoms with Gasteiger partial charge < -0.3 is 5.11 Å². The molecule has 2 aliphatic rings. The summed E-state index contributed by atoms with van der Waals surface area (Å²) in [5.74, 6) is -3.39. The summed E-state index contributed by atoms with van der Waals surface area (Å²) in [6, 6.07) is 0.264. The first-order valence-electron chi connectivity index (χ1n) is 4.70. The molecule has 0 saturated carbocycles. The Kier molecular flexibility index (Phi) is 1.84. The molecule has 2 rings (SSSR count). The van der Waals surface area contributed by atoms with Gasteiger partial charge in [-0.2, -0.15) is 0 Å². The molecule has 2 heterocycles. The van der Waals surface area contributed by atoms with E-state index in [0.717, 1.165) is 12.8 Å². The van der Waals surface area contributed by atoms with Crippen LogP contribution in [0.25, 0.3) is 0 Å². The lowest BCUT2D eigenvalue weighted by Crippen LogP contribution is -2.53. The molecule has 2 fully saturated rings. The van der Waals surface area contributed by atoms with Crippen LogP contribution in [-0.2, 0) is 4.79 Å². The summed E-state index contributed by atoms with van der Waals surface area (Å²) in [6.07, 6.45) is 2.49. The van der Waals surface area contributed by atoms with Crippen molar-refractivity contribution in [1.82, 2.24) is 4.90 Å². The SMILES string of the molecule is CN1[C@@H]2CCC(C(=O)O)[C@@]1(F)CC2. The minimum absolute atomic E-state index is 0.264. The summed E-state index contributed by atoms with van der Waals surface area (Å²) < 4.78 is 14.2. The molecule has 1 N–H and O–H groups in total. The van der Waals surface area contributed by atoms with E-state index in [0.29, 0.717) is 12.8 Å². The number of rotatable bonds is 1. The van der Waals surface area contributed by atoms with Crippen molar-refractivity contribution < 1.29 is 14.3 Å². The van der Waals surface area contributed by atoms with E-state index in [1.165, 1.54) is 0 Å². The number of carboxylic acid groups (broad SMARTS) is 1. The van der Waals surface area contributed by atoms with Crippen molar-refractivity contribution in [2.45, 2.75) is 37.5 Å². The van der Waals surface area contributed by atoms with Gasteiger partial charge in [-0.25, -0.2) is 4.39 Å². The number of halogens is 1. The van der Waals surface area contributed by atoms with Crippen molar-refractivity contribution in [3.63, 3.8) is 0 Å². The molecule has 2 bridgehead atoms. The lowest BCUT2D eigenvalue weighted by atomic mass is 9.88. The van der Waals surface area contributed by atoms with Gasteiger partial charge in [-0.1, -0.05) is 0 Å². The van der Waals surface area contributed by atoms with Crippen LogP contribution < -0.4 is 0 Å². The lowest BCUT2D eigenvalue weighted by molar-refractivity contribution is -0.160. The van der Waals surface area contributed by atoms with Crippen LogP contribution in [0.2, 0.25) is 0 Å². The third kappa shape index (κ3) is 1.08. The van der Waals surface area contributed by atoms with Crippen LogP contribution in [0.3, 0.4) is 0 Å². The van der Waals surface area contributed by atoms with Gasteiger partial charge in [0.15, 0.2) is 5.79 Å². The van der Waals surface area contributed by atoms with Gasteiger partial charge in [0.05, 0.1) is 0 Å². The van der Waals surface area contributed by atoms with E-state index >= 15 is 0 Å². The topological polar surface area (TPSA) is 40.5 Å². The van der Waals surface area contributed by atoms with Gasteiger partial charge in [-0.15, -0.1) is 0 Å². The summed E-state index contributed by atoms with van der Waals surface area (Å²) in [5, 5.41) is 8.87. The van der Waals surface area contributed by atoms with E-state index in [1.54, 1.807) is 11.9 Å². The highest BCUT2D eigenvalue weighted by Crippen LogP contribution is 2.47. The fraction of sp³-hybridized carbons (Fsp3) is 0.889. The van der Waals surface area contributed by atoms with E-state index in [1.807, 2.05) is 0 Å². The number of piperidine rings is 1. The maximum absolute atomic E-state index is 14.2. The Bertz CT molecular complexity index is 246. The number of hydrogen-bond acceptors (Lipinski definition) is 2. The summed E-state index contributed by atoms with van der Waals surface area (Å²) in [5.41, 5.74) is 0. The van der Waals surface area contributed by atoms with Crippen molar-refractivity contribution in [2.75, 3.05) is 7.05 Å². The molecule has 4 heteroatoms. The number of fused-ring (bicyclic) bond motifs is 2. The molecule has 0 spiro atoms. The second kappa shape index (κ2) is 2.67. The van der Waals surface area contributed by atoms with Crippen LogP contribution in [0.1, 0.15) is 25.7 Å². The predicted molar refractivity (Wildman–Crippen MR) is 45.0 cm³/mol. The first-order chi connectivity index (χ1) is 6.05. The molecule has 13 heavy (non-hydrogen) atoms. The Labute approximate surface area is 76.5 Å². The van der Waals surface area contributed by atoms with Crippen LogP contribution in [0, 0.1) is 5.92 Å². The van der Waals surface area contributed by atoms with Gasteiger partial charge in [0.1, 0.15) is 5.92 Å². The van der Waals surface area contributed by atoms with E-state index in [2.05, 4.69) is 0 Å². The third-order valence-electron chi connectivity index (χ3n) is 3.58. The molecule has 0 aliphatic carbocycles. The van der Waals surface area contributed by atoms with E-state index in [-0.39, 0.29) is 6.04 Å². The van der Waals surface area contributed by atoms with Gasteiger partial charge in [-0.3, -0.25) is 9.69 Å². The molecule has 2 aliphatic heterocycles. The lowest BCUT2D eigenvalue weighted by Gasteiger charge is -2.40. The van der Waals surface area contributed by atoms with Gasteiger partial charge in [0.2, 0.25) is 0 Å². The Balaban J connectivity index is 2.28. The second-order valence-electron chi connectivity index (χ2n) is 4.09. The summed E-state index contributed by atoms with van der Waals surface area (Å²) in [6.45, 7) is 0. The molecule has 3 atom stereocenters. The molecule has 0 aromatic heterocycles. The fourth-order valence-electron chi connectivity index (χ4n) is 2.69. The number of carboxylic acids is 1. The minimum atomic E-state index is -1.57. The number of aliphatic carboxylic acids is 1. The van der Waals surface area contributed by atoms with Crippen LogP contribution in [0.5, 0.6) is 0 Å². The monoisotopic (exact) mass is 187 g/mol. The molecule has 0 aromatic rings. The third-order valence-corrected chi connectivity index (χ3v) is 3.58. The zero-order valence-corrected chi connectivity index (χ0v) is 7.66. The van der Waals surface area contributed by atoms with Crippen LogP contribution in [0.4, 0.5) is 4.39 Å². The van der Waals surface area contributed by atoms with Gasteiger partial charge in [0.25, 0.3) is 0 Å². The molecular formula is C9H14FNO2. The molecule has 0 aromatic carbocycles. The zero-order valence-electron chi connectivity index (χ0n) is 7.66. The largest absolute Gasteiger partial charge is 0.481 e.